The number of rotatable bonds is 3. The molecule has 0 unspecified atom stereocenters. The van der Waals surface area contributed by atoms with Crippen molar-refractivity contribution in [2.24, 2.45) is 0 Å². The molecule has 4 nitrogen and oxygen atoms in total. The van der Waals surface area contributed by atoms with E-state index in [1.54, 1.807) is 11.8 Å². The first kappa shape index (κ1) is 17.3. The lowest BCUT2D eigenvalue weighted by Gasteiger charge is -2.28. The Bertz CT molecular complexity index is 877. The van der Waals surface area contributed by atoms with Crippen LogP contribution in [-0.4, -0.2) is 23.2 Å². The second-order valence-corrected chi connectivity index (χ2v) is 6.47. The quantitative estimate of drug-likeness (QED) is 0.388. The van der Waals surface area contributed by atoms with Crippen LogP contribution in [0.25, 0.3) is 6.08 Å². The maximum Gasteiger partial charge on any atom is 0.270 e. The molecule has 1 N–H and O–H groups in total. The number of benzene rings is 2. The van der Waals surface area contributed by atoms with Gasteiger partial charge in [0.15, 0.2) is 5.11 Å². The molecule has 2 amide bonds. The number of nitrogens with zero attached hydrogens (tertiary/aromatic N) is 1. The number of anilines is 1. The Hall–Kier alpha value is -2.51. The molecular weight excluding hydrogens is 359 g/mol. The minimum absolute atomic E-state index is 0.0310. The normalized spacial score (nSPS) is 16.3. The van der Waals surface area contributed by atoms with Gasteiger partial charge in [0.05, 0.1) is 5.69 Å². The average Bonchev–Trinajstić information content (AvgIpc) is 2.60. The molecule has 1 saturated heterocycles. The van der Waals surface area contributed by atoms with Crippen molar-refractivity contribution in [1.29, 1.82) is 0 Å². The van der Waals surface area contributed by atoms with E-state index in [4.69, 9.17) is 12.2 Å². The van der Waals surface area contributed by atoms with Gasteiger partial charge in [0.2, 0.25) is 0 Å². The molecule has 3 rings (SSSR count). The molecule has 2 aromatic carbocycles. The van der Waals surface area contributed by atoms with Gasteiger partial charge >= 0.3 is 0 Å². The first-order chi connectivity index (χ1) is 12.0. The van der Waals surface area contributed by atoms with Crippen LogP contribution >= 0.6 is 24.0 Å². The number of thiocarbonyl (C=S) groups is 1. The SMILES string of the molecule is CSc1ccc(/C=C2/C(=O)NC(=S)N(c3ccc(F)cc3)C2=O)cc1. The number of hydrogen-bond acceptors (Lipinski definition) is 4. The average molecular weight is 372 g/mol. The first-order valence-electron chi connectivity index (χ1n) is 7.30. The summed E-state index contributed by atoms with van der Waals surface area (Å²) in [5.41, 5.74) is 1.08. The fraction of sp³-hybridized carbons (Fsp3) is 0.0556. The van der Waals surface area contributed by atoms with Crippen LogP contribution in [0.1, 0.15) is 5.56 Å². The molecule has 1 heterocycles. The molecule has 0 bridgehead atoms. The monoisotopic (exact) mass is 372 g/mol. The summed E-state index contributed by atoms with van der Waals surface area (Å²) in [6.45, 7) is 0. The molecule has 0 spiro atoms. The molecule has 7 heteroatoms. The minimum Gasteiger partial charge on any atom is -0.298 e. The van der Waals surface area contributed by atoms with Crippen LogP contribution in [0.3, 0.4) is 0 Å². The van der Waals surface area contributed by atoms with Crippen LogP contribution in [0.4, 0.5) is 10.1 Å². The van der Waals surface area contributed by atoms with E-state index in [0.29, 0.717) is 5.69 Å². The molecule has 1 fully saturated rings. The number of amides is 2. The van der Waals surface area contributed by atoms with E-state index in [-0.39, 0.29) is 10.7 Å². The largest absolute Gasteiger partial charge is 0.298 e. The maximum atomic E-state index is 13.1. The summed E-state index contributed by atoms with van der Waals surface area (Å²) in [6, 6.07) is 12.8. The highest BCUT2D eigenvalue weighted by Gasteiger charge is 2.34. The zero-order valence-corrected chi connectivity index (χ0v) is 14.8. The summed E-state index contributed by atoms with van der Waals surface area (Å²) in [4.78, 5) is 27.2. The van der Waals surface area contributed by atoms with Gasteiger partial charge < -0.3 is 0 Å². The summed E-state index contributed by atoms with van der Waals surface area (Å²) in [7, 11) is 0. The Labute approximate surface area is 153 Å². The summed E-state index contributed by atoms with van der Waals surface area (Å²) < 4.78 is 13.1. The Morgan fingerprint density at radius 1 is 1.08 bits per heavy atom. The number of nitrogens with one attached hydrogen (secondary N) is 1. The lowest BCUT2D eigenvalue weighted by atomic mass is 10.1. The Balaban J connectivity index is 1.97. The Morgan fingerprint density at radius 3 is 2.32 bits per heavy atom. The van der Waals surface area contributed by atoms with Crippen molar-refractivity contribution in [3.8, 4) is 0 Å². The van der Waals surface area contributed by atoms with Crippen LogP contribution in [0.5, 0.6) is 0 Å². The molecular formula is C18H13FN2O2S2. The van der Waals surface area contributed by atoms with Crippen LogP contribution in [0.2, 0.25) is 0 Å². The van der Waals surface area contributed by atoms with Gasteiger partial charge in [0.25, 0.3) is 11.8 Å². The summed E-state index contributed by atoms with van der Waals surface area (Å²) in [5, 5.41) is 2.47. The van der Waals surface area contributed by atoms with E-state index in [2.05, 4.69) is 5.32 Å². The van der Waals surface area contributed by atoms with Gasteiger partial charge in [0, 0.05) is 4.90 Å². The third-order valence-electron chi connectivity index (χ3n) is 3.61. The predicted molar refractivity (Wildman–Crippen MR) is 101 cm³/mol. The number of thioether (sulfide) groups is 1. The molecule has 0 atom stereocenters. The van der Waals surface area contributed by atoms with E-state index in [1.807, 2.05) is 30.5 Å². The zero-order valence-electron chi connectivity index (χ0n) is 13.2. The van der Waals surface area contributed by atoms with E-state index >= 15 is 0 Å². The molecule has 0 aromatic heterocycles. The third-order valence-corrected chi connectivity index (χ3v) is 4.64. The first-order valence-corrected chi connectivity index (χ1v) is 8.94. The molecule has 0 aliphatic carbocycles. The predicted octanol–water partition coefficient (Wildman–Crippen LogP) is 3.38. The second-order valence-electron chi connectivity index (χ2n) is 5.21. The third kappa shape index (κ3) is 3.62. The molecule has 1 aliphatic heterocycles. The highest BCUT2D eigenvalue weighted by molar-refractivity contribution is 7.98. The number of halogens is 1. The van der Waals surface area contributed by atoms with Gasteiger partial charge in [-0.3, -0.25) is 19.8 Å². The Morgan fingerprint density at radius 2 is 1.72 bits per heavy atom. The van der Waals surface area contributed by atoms with E-state index in [9.17, 15) is 14.0 Å². The fourth-order valence-corrected chi connectivity index (χ4v) is 3.04. The van der Waals surface area contributed by atoms with E-state index in [0.717, 1.165) is 10.5 Å². The van der Waals surface area contributed by atoms with E-state index in [1.165, 1.54) is 35.2 Å². The van der Waals surface area contributed by atoms with Gasteiger partial charge in [-0.25, -0.2) is 4.39 Å². The Kier molecular flexibility index (Phi) is 4.96. The summed E-state index contributed by atoms with van der Waals surface area (Å²) in [5.74, 6) is -1.52. The van der Waals surface area contributed by atoms with Gasteiger partial charge in [-0.15, -0.1) is 11.8 Å². The van der Waals surface area contributed by atoms with Gasteiger partial charge in [-0.05, 0) is 66.5 Å². The lowest BCUT2D eigenvalue weighted by Crippen LogP contribution is -2.54. The number of carbonyl (C=O) groups is 2. The molecule has 0 saturated carbocycles. The molecule has 1 aliphatic rings. The topological polar surface area (TPSA) is 49.4 Å². The lowest BCUT2D eigenvalue weighted by molar-refractivity contribution is -0.122. The summed E-state index contributed by atoms with van der Waals surface area (Å²) in [6.07, 6.45) is 3.48. The number of carbonyl (C=O) groups excluding carboxylic acids is 2. The van der Waals surface area contributed by atoms with Gasteiger partial charge in [0.1, 0.15) is 11.4 Å². The summed E-state index contributed by atoms with van der Waals surface area (Å²) >= 11 is 6.70. The molecule has 126 valence electrons. The van der Waals surface area contributed by atoms with Crippen LogP contribution in [-0.2, 0) is 9.59 Å². The van der Waals surface area contributed by atoms with Crippen LogP contribution in [0, 0.1) is 5.82 Å². The zero-order chi connectivity index (χ0) is 18.0. The van der Waals surface area contributed by atoms with Gasteiger partial charge in [-0.1, -0.05) is 12.1 Å². The van der Waals surface area contributed by atoms with Crippen molar-refractivity contribution < 1.29 is 14.0 Å². The van der Waals surface area contributed by atoms with Crippen molar-refractivity contribution in [3.05, 3.63) is 65.5 Å². The van der Waals surface area contributed by atoms with Crippen molar-refractivity contribution in [1.82, 2.24) is 5.32 Å². The highest BCUT2D eigenvalue weighted by atomic mass is 32.2. The number of hydrogen-bond donors (Lipinski definition) is 1. The van der Waals surface area contributed by atoms with Crippen molar-refractivity contribution in [3.63, 3.8) is 0 Å². The minimum atomic E-state index is -0.553. The van der Waals surface area contributed by atoms with Crippen LogP contribution in [0.15, 0.2) is 59.0 Å². The fourth-order valence-electron chi connectivity index (χ4n) is 2.35. The highest BCUT2D eigenvalue weighted by Crippen LogP contribution is 2.23. The van der Waals surface area contributed by atoms with Crippen molar-refractivity contribution in [2.45, 2.75) is 4.90 Å². The molecule has 2 aromatic rings. The molecule has 0 radical (unpaired) electrons. The maximum absolute atomic E-state index is 13.1. The van der Waals surface area contributed by atoms with E-state index < -0.39 is 17.6 Å². The van der Waals surface area contributed by atoms with Gasteiger partial charge in [-0.2, -0.15) is 0 Å². The standard InChI is InChI=1S/C18H13FN2O2S2/c1-25-14-8-2-11(3-9-14)10-15-16(22)20-18(24)21(17(15)23)13-6-4-12(19)5-7-13/h2-10H,1H3,(H,20,22,24)/b15-10-. The van der Waals surface area contributed by atoms with Crippen LogP contribution < -0.4 is 10.2 Å². The van der Waals surface area contributed by atoms with Crippen molar-refractivity contribution >= 4 is 52.7 Å². The van der Waals surface area contributed by atoms with Crippen molar-refractivity contribution in [2.75, 3.05) is 11.2 Å². The molecule has 25 heavy (non-hydrogen) atoms. The smallest absolute Gasteiger partial charge is 0.270 e. The second kappa shape index (κ2) is 7.16.